The third-order valence-corrected chi connectivity index (χ3v) is 4.92. The summed E-state index contributed by atoms with van der Waals surface area (Å²) in [5.41, 5.74) is 1.49. The van der Waals surface area contributed by atoms with Gasteiger partial charge in [0, 0.05) is 17.8 Å². The first kappa shape index (κ1) is 14.4. The fourth-order valence-electron chi connectivity index (χ4n) is 2.60. The second-order valence-electron chi connectivity index (χ2n) is 4.97. The lowest BCUT2D eigenvalue weighted by atomic mass is 10.1. The summed E-state index contributed by atoms with van der Waals surface area (Å²) in [6.07, 6.45) is 5.39. The Hall–Kier alpha value is -1.02. The molecule has 1 aliphatic carbocycles. The predicted molar refractivity (Wildman–Crippen MR) is 79.1 cm³/mol. The number of rotatable bonds is 5. The molecule has 2 N–H and O–H groups in total. The molecule has 1 aromatic carbocycles. The number of nitriles is 1. The van der Waals surface area contributed by atoms with E-state index in [2.05, 4.69) is 17.6 Å². The van der Waals surface area contributed by atoms with E-state index in [1.807, 2.05) is 23.9 Å². The summed E-state index contributed by atoms with van der Waals surface area (Å²) in [5.74, 6) is 0. The van der Waals surface area contributed by atoms with Crippen LogP contribution in [0.1, 0.15) is 36.5 Å². The molecule has 0 aromatic heterocycles. The Morgan fingerprint density at radius 2 is 2.16 bits per heavy atom. The molecule has 3 atom stereocenters. The molecule has 0 amide bonds. The Morgan fingerprint density at radius 1 is 1.42 bits per heavy atom. The standard InChI is InChI=1S/C15H20N2OS/c1-19-15-4-2-3-13(15)17-10-14(18)12-7-5-11(9-16)6-8-12/h5-8,13-15,17-18H,2-4,10H2,1H3. The molecule has 0 bridgehead atoms. The molecule has 3 unspecified atom stereocenters. The van der Waals surface area contributed by atoms with Crippen LogP contribution in [0, 0.1) is 11.3 Å². The van der Waals surface area contributed by atoms with E-state index in [1.54, 1.807) is 12.1 Å². The predicted octanol–water partition coefficient (Wildman–Crippen LogP) is 2.47. The van der Waals surface area contributed by atoms with Gasteiger partial charge in [0.2, 0.25) is 0 Å². The highest BCUT2D eigenvalue weighted by atomic mass is 32.2. The van der Waals surface area contributed by atoms with Crippen LogP contribution in [0.25, 0.3) is 0 Å². The summed E-state index contributed by atoms with van der Waals surface area (Å²) in [6.45, 7) is 0.577. The Kier molecular flexibility index (Phi) is 5.26. The number of hydrogen-bond donors (Lipinski definition) is 2. The third-order valence-electron chi connectivity index (χ3n) is 3.75. The van der Waals surface area contributed by atoms with Crippen molar-refractivity contribution in [3.05, 3.63) is 35.4 Å². The van der Waals surface area contributed by atoms with Gasteiger partial charge >= 0.3 is 0 Å². The van der Waals surface area contributed by atoms with Gasteiger partial charge in [-0.3, -0.25) is 0 Å². The van der Waals surface area contributed by atoms with Gasteiger partial charge in [-0.15, -0.1) is 0 Å². The van der Waals surface area contributed by atoms with E-state index < -0.39 is 6.10 Å². The van der Waals surface area contributed by atoms with Crippen LogP contribution in [0.2, 0.25) is 0 Å². The van der Waals surface area contributed by atoms with Gasteiger partial charge in [0.1, 0.15) is 0 Å². The Balaban J connectivity index is 1.86. The number of thioether (sulfide) groups is 1. The molecule has 102 valence electrons. The molecule has 2 rings (SSSR count). The second-order valence-corrected chi connectivity index (χ2v) is 6.05. The van der Waals surface area contributed by atoms with Gasteiger partial charge in [0.15, 0.2) is 0 Å². The molecular formula is C15H20N2OS. The van der Waals surface area contributed by atoms with Crippen molar-refractivity contribution >= 4 is 11.8 Å². The van der Waals surface area contributed by atoms with Crippen molar-refractivity contribution in [3.63, 3.8) is 0 Å². The number of benzene rings is 1. The van der Waals surface area contributed by atoms with E-state index in [9.17, 15) is 5.11 Å². The highest BCUT2D eigenvalue weighted by Gasteiger charge is 2.26. The molecule has 0 saturated heterocycles. The van der Waals surface area contributed by atoms with Crippen molar-refractivity contribution in [2.24, 2.45) is 0 Å². The first-order valence-corrected chi connectivity index (χ1v) is 7.97. The molecule has 4 heteroatoms. The fraction of sp³-hybridized carbons (Fsp3) is 0.533. The molecule has 0 spiro atoms. The maximum Gasteiger partial charge on any atom is 0.0991 e. The zero-order valence-electron chi connectivity index (χ0n) is 11.2. The smallest absolute Gasteiger partial charge is 0.0991 e. The molecule has 1 aromatic rings. The van der Waals surface area contributed by atoms with Crippen molar-refractivity contribution in [1.29, 1.82) is 5.26 Å². The SMILES string of the molecule is CSC1CCCC1NCC(O)c1ccc(C#N)cc1. The van der Waals surface area contributed by atoms with Crippen molar-refractivity contribution in [1.82, 2.24) is 5.32 Å². The molecular weight excluding hydrogens is 256 g/mol. The minimum Gasteiger partial charge on any atom is -0.387 e. The van der Waals surface area contributed by atoms with E-state index in [4.69, 9.17) is 5.26 Å². The van der Waals surface area contributed by atoms with Crippen molar-refractivity contribution < 1.29 is 5.11 Å². The first-order valence-electron chi connectivity index (χ1n) is 6.69. The van der Waals surface area contributed by atoms with Gasteiger partial charge in [-0.25, -0.2) is 0 Å². The lowest BCUT2D eigenvalue weighted by Crippen LogP contribution is -2.36. The van der Waals surface area contributed by atoms with Crippen LogP contribution < -0.4 is 5.32 Å². The van der Waals surface area contributed by atoms with Gasteiger partial charge in [-0.1, -0.05) is 18.6 Å². The van der Waals surface area contributed by atoms with Gasteiger partial charge < -0.3 is 10.4 Å². The zero-order valence-corrected chi connectivity index (χ0v) is 12.0. The summed E-state index contributed by atoms with van der Waals surface area (Å²) in [7, 11) is 0. The average Bonchev–Trinajstić information content (AvgIpc) is 2.92. The summed E-state index contributed by atoms with van der Waals surface area (Å²) in [6, 6.07) is 9.75. The quantitative estimate of drug-likeness (QED) is 0.867. The summed E-state index contributed by atoms with van der Waals surface area (Å²) in [5, 5.41) is 23.0. The Labute approximate surface area is 119 Å². The number of aliphatic hydroxyl groups excluding tert-OH is 1. The summed E-state index contributed by atoms with van der Waals surface area (Å²) < 4.78 is 0. The highest BCUT2D eigenvalue weighted by molar-refractivity contribution is 7.99. The second kappa shape index (κ2) is 6.95. The number of nitrogens with zero attached hydrogens (tertiary/aromatic N) is 1. The molecule has 19 heavy (non-hydrogen) atoms. The van der Waals surface area contributed by atoms with Crippen LogP contribution >= 0.6 is 11.8 Å². The van der Waals surface area contributed by atoms with Crippen molar-refractivity contribution in [2.45, 2.75) is 36.7 Å². The fourth-order valence-corrected chi connectivity index (χ4v) is 3.57. The lowest BCUT2D eigenvalue weighted by Gasteiger charge is -2.21. The summed E-state index contributed by atoms with van der Waals surface area (Å²) in [4.78, 5) is 0. The van der Waals surface area contributed by atoms with Gasteiger partial charge in [-0.05, 0) is 36.8 Å². The van der Waals surface area contributed by atoms with E-state index in [1.165, 1.54) is 19.3 Å². The topological polar surface area (TPSA) is 56.0 Å². The molecule has 1 aliphatic rings. The monoisotopic (exact) mass is 276 g/mol. The van der Waals surface area contributed by atoms with Crippen molar-refractivity contribution in [2.75, 3.05) is 12.8 Å². The van der Waals surface area contributed by atoms with E-state index in [0.29, 0.717) is 23.4 Å². The van der Waals surface area contributed by atoms with Crippen molar-refractivity contribution in [3.8, 4) is 6.07 Å². The van der Waals surface area contributed by atoms with Gasteiger partial charge in [0.25, 0.3) is 0 Å². The normalized spacial score (nSPS) is 24.1. The largest absolute Gasteiger partial charge is 0.387 e. The zero-order chi connectivity index (χ0) is 13.7. The Morgan fingerprint density at radius 3 is 2.79 bits per heavy atom. The minimum atomic E-state index is -0.504. The maximum absolute atomic E-state index is 10.2. The van der Waals surface area contributed by atoms with Crippen LogP contribution in [0.4, 0.5) is 0 Å². The van der Waals surface area contributed by atoms with E-state index >= 15 is 0 Å². The number of nitrogens with one attached hydrogen (secondary N) is 1. The Bertz CT molecular complexity index is 440. The third kappa shape index (κ3) is 3.73. The molecule has 0 radical (unpaired) electrons. The summed E-state index contributed by atoms with van der Waals surface area (Å²) >= 11 is 1.91. The first-order chi connectivity index (χ1) is 9.24. The van der Waals surface area contributed by atoms with Crippen LogP contribution in [0.5, 0.6) is 0 Å². The molecule has 0 aliphatic heterocycles. The van der Waals surface area contributed by atoms with E-state index in [0.717, 1.165) is 5.56 Å². The molecule has 0 heterocycles. The number of hydrogen-bond acceptors (Lipinski definition) is 4. The van der Waals surface area contributed by atoms with Crippen LogP contribution in [-0.4, -0.2) is 29.2 Å². The van der Waals surface area contributed by atoms with Crippen LogP contribution in [0.15, 0.2) is 24.3 Å². The van der Waals surface area contributed by atoms with Crippen LogP contribution in [-0.2, 0) is 0 Å². The van der Waals surface area contributed by atoms with Gasteiger partial charge in [0.05, 0.1) is 17.7 Å². The van der Waals surface area contributed by atoms with Crippen LogP contribution in [0.3, 0.4) is 0 Å². The van der Waals surface area contributed by atoms with E-state index in [-0.39, 0.29) is 0 Å². The van der Waals surface area contributed by atoms with Gasteiger partial charge in [-0.2, -0.15) is 17.0 Å². The maximum atomic E-state index is 10.2. The molecule has 1 saturated carbocycles. The molecule has 1 fully saturated rings. The number of aliphatic hydroxyl groups is 1. The lowest BCUT2D eigenvalue weighted by molar-refractivity contribution is 0.170. The highest BCUT2D eigenvalue weighted by Crippen LogP contribution is 2.28. The average molecular weight is 276 g/mol. The molecule has 3 nitrogen and oxygen atoms in total. The minimum absolute atomic E-state index is 0.504.